The third kappa shape index (κ3) is 2.99. The summed E-state index contributed by atoms with van der Waals surface area (Å²) in [7, 11) is 0. The summed E-state index contributed by atoms with van der Waals surface area (Å²) in [5, 5.41) is 2.90. The highest BCUT2D eigenvalue weighted by atomic mass is 19.4. The van der Waals surface area contributed by atoms with Gasteiger partial charge in [-0.25, -0.2) is 0 Å². The van der Waals surface area contributed by atoms with Crippen LogP contribution in [0.3, 0.4) is 0 Å². The molecule has 1 aromatic carbocycles. The molecule has 2 fully saturated rings. The minimum absolute atomic E-state index is 0.0114. The van der Waals surface area contributed by atoms with E-state index in [0.29, 0.717) is 11.8 Å². The summed E-state index contributed by atoms with van der Waals surface area (Å²) >= 11 is 0. The second-order valence-electron chi connectivity index (χ2n) is 6.68. The Morgan fingerprint density at radius 2 is 2.05 bits per heavy atom. The van der Waals surface area contributed by atoms with Crippen LogP contribution in [0.15, 0.2) is 24.3 Å². The normalized spacial score (nSPS) is 28.6. The van der Waals surface area contributed by atoms with Crippen LogP contribution in [0, 0.1) is 17.8 Å². The van der Waals surface area contributed by atoms with Crippen molar-refractivity contribution in [2.24, 2.45) is 17.8 Å². The molecule has 2 nitrogen and oxygen atoms in total. The maximum absolute atomic E-state index is 12.7. The van der Waals surface area contributed by atoms with Crippen LogP contribution in [-0.4, -0.2) is 11.9 Å². The molecule has 2 bridgehead atoms. The number of amides is 1. The molecule has 1 aromatic rings. The number of hydrogen-bond donors (Lipinski definition) is 1. The molecule has 3 rings (SSSR count). The van der Waals surface area contributed by atoms with Gasteiger partial charge in [0.15, 0.2) is 0 Å². The Bertz CT molecular complexity index is 569. The van der Waals surface area contributed by atoms with E-state index in [1.165, 1.54) is 31.4 Å². The standard InChI is InChI=1S/C17H20F3NO/c1-10(15-8-11-5-6-12(15)7-11)21-16(22)13-3-2-4-14(9-13)17(18,19)20/h2-4,9-12,15H,5-8H2,1H3,(H,21,22)/t10-,11+,12+,15-/m1/s1. The van der Waals surface area contributed by atoms with Crippen LogP contribution in [-0.2, 0) is 6.18 Å². The number of alkyl halides is 3. The van der Waals surface area contributed by atoms with E-state index in [1.54, 1.807) is 0 Å². The zero-order chi connectivity index (χ0) is 15.9. The quantitative estimate of drug-likeness (QED) is 0.888. The van der Waals surface area contributed by atoms with Crippen LogP contribution in [0.25, 0.3) is 0 Å². The van der Waals surface area contributed by atoms with Crippen molar-refractivity contribution in [1.29, 1.82) is 0 Å². The number of benzene rings is 1. The smallest absolute Gasteiger partial charge is 0.349 e. The van der Waals surface area contributed by atoms with Gasteiger partial charge in [-0.15, -0.1) is 0 Å². The molecule has 2 saturated carbocycles. The molecule has 1 N–H and O–H groups in total. The summed E-state index contributed by atoms with van der Waals surface area (Å²) in [4.78, 5) is 12.2. The first-order valence-corrected chi connectivity index (χ1v) is 7.82. The summed E-state index contributed by atoms with van der Waals surface area (Å²) in [6.07, 6.45) is 0.463. The van der Waals surface area contributed by atoms with Crippen LogP contribution in [0.2, 0.25) is 0 Å². The molecule has 2 aliphatic carbocycles. The molecule has 22 heavy (non-hydrogen) atoms. The number of carbonyl (C=O) groups is 1. The SMILES string of the molecule is C[C@@H](NC(=O)c1cccc(C(F)(F)F)c1)[C@H]1C[C@H]2CC[C@H]1C2. The van der Waals surface area contributed by atoms with Gasteiger partial charge >= 0.3 is 6.18 Å². The lowest BCUT2D eigenvalue weighted by Gasteiger charge is -2.28. The lowest BCUT2D eigenvalue weighted by atomic mass is 9.84. The molecule has 5 heteroatoms. The zero-order valence-corrected chi connectivity index (χ0v) is 12.5. The number of fused-ring (bicyclic) bond motifs is 2. The Hall–Kier alpha value is -1.52. The van der Waals surface area contributed by atoms with Gasteiger partial charge in [-0.05, 0) is 62.1 Å². The molecule has 0 aliphatic heterocycles. The van der Waals surface area contributed by atoms with E-state index in [2.05, 4.69) is 5.32 Å². The van der Waals surface area contributed by atoms with Crippen molar-refractivity contribution in [1.82, 2.24) is 5.32 Å². The van der Waals surface area contributed by atoms with Gasteiger partial charge in [0.2, 0.25) is 0 Å². The van der Waals surface area contributed by atoms with Gasteiger partial charge < -0.3 is 5.32 Å². The first-order valence-electron chi connectivity index (χ1n) is 7.82. The van der Waals surface area contributed by atoms with Crippen molar-refractivity contribution in [3.63, 3.8) is 0 Å². The van der Waals surface area contributed by atoms with Gasteiger partial charge in [-0.1, -0.05) is 12.5 Å². The molecule has 0 heterocycles. The van der Waals surface area contributed by atoms with Gasteiger partial charge in [0.05, 0.1) is 5.56 Å². The molecule has 0 aromatic heterocycles. The van der Waals surface area contributed by atoms with Crippen LogP contribution < -0.4 is 5.32 Å². The topological polar surface area (TPSA) is 29.1 Å². The maximum atomic E-state index is 12.7. The first kappa shape index (κ1) is 15.4. The second-order valence-corrected chi connectivity index (χ2v) is 6.68. The van der Waals surface area contributed by atoms with E-state index in [4.69, 9.17) is 0 Å². The Balaban J connectivity index is 1.67. The van der Waals surface area contributed by atoms with Crippen LogP contribution in [0.1, 0.15) is 48.5 Å². The monoisotopic (exact) mass is 311 g/mol. The molecule has 0 spiro atoms. The number of halogens is 3. The Morgan fingerprint density at radius 3 is 2.64 bits per heavy atom. The molecule has 0 saturated heterocycles. The Kier molecular flexibility index (Phi) is 3.91. The van der Waals surface area contributed by atoms with Gasteiger partial charge in [-0.2, -0.15) is 13.2 Å². The summed E-state index contributed by atoms with van der Waals surface area (Å²) in [6.45, 7) is 1.97. The molecular formula is C17H20F3NO. The van der Waals surface area contributed by atoms with Crippen molar-refractivity contribution in [2.75, 3.05) is 0 Å². The van der Waals surface area contributed by atoms with Crippen molar-refractivity contribution in [3.05, 3.63) is 35.4 Å². The molecule has 4 atom stereocenters. The minimum Gasteiger partial charge on any atom is -0.349 e. The third-order valence-electron chi connectivity index (χ3n) is 5.25. The van der Waals surface area contributed by atoms with Gasteiger partial charge in [0.25, 0.3) is 5.91 Å². The summed E-state index contributed by atoms with van der Waals surface area (Å²) in [6, 6.07) is 4.62. The molecular weight excluding hydrogens is 291 g/mol. The van der Waals surface area contributed by atoms with E-state index >= 15 is 0 Å². The largest absolute Gasteiger partial charge is 0.416 e. The fourth-order valence-corrected chi connectivity index (χ4v) is 4.14. The average molecular weight is 311 g/mol. The highest BCUT2D eigenvalue weighted by molar-refractivity contribution is 5.94. The van der Waals surface area contributed by atoms with Gasteiger partial charge in [0, 0.05) is 11.6 Å². The molecule has 2 aliphatic rings. The molecule has 0 unspecified atom stereocenters. The average Bonchev–Trinajstić information content (AvgIpc) is 3.09. The predicted octanol–water partition coefficient (Wildman–Crippen LogP) is 4.26. The van der Waals surface area contributed by atoms with Crippen LogP contribution in [0.4, 0.5) is 13.2 Å². The first-order chi connectivity index (χ1) is 10.3. The van der Waals surface area contributed by atoms with Gasteiger partial charge in [0.1, 0.15) is 0 Å². The van der Waals surface area contributed by atoms with Crippen molar-refractivity contribution in [2.45, 2.75) is 44.8 Å². The number of rotatable bonds is 3. The Labute approximate surface area is 128 Å². The highest BCUT2D eigenvalue weighted by Crippen LogP contribution is 2.49. The third-order valence-corrected chi connectivity index (χ3v) is 5.25. The zero-order valence-electron chi connectivity index (χ0n) is 12.5. The summed E-state index contributed by atoms with van der Waals surface area (Å²) in [5.74, 6) is 1.50. The fourth-order valence-electron chi connectivity index (χ4n) is 4.14. The highest BCUT2D eigenvalue weighted by Gasteiger charge is 2.42. The van der Waals surface area contributed by atoms with Crippen molar-refractivity contribution in [3.8, 4) is 0 Å². The lowest BCUT2D eigenvalue weighted by molar-refractivity contribution is -0.137. The van der Waals surface area contributed by atoms with E-state index in [0.717, 1.165) is 24.5 Å². The van der Waals surface area contributed by atoms with E-state index in [-0.39, 0.29) is 11.6 Å². The fraction of sp³-hybridized carbons (Fsp3) is 0.588. The summed E-state index contributed by atoms with van der Waals surface area (Å²) < 4.78 is 38.1. The predicted molar refractivity (Wildman–Crippen MR) is 77.3 cm³/mol. The molecule has 0 radical (unpaired) electrons. The molecule has 120 valence electrons. The number of nitrogens with one attached hydrogen (secondary N) is 1. The maximum Gasteiger partial charge on any atom is 0.416 e. The number of hydrogen-bond acceptors (Lipinski definition) is 1. The Morgan fingerprint density at radius 1 is 1.27 bits per heavy atom. The van der Waals surface area contributed by atoms with Crippen molar-refractivity contribution >= 4 is 5.91 Å². The van der Waals surface area contributed by atoms with Crippen molar-refractivity contribution < 1.29 is 18.0 Å². The van der Waals surface area contributed by atoms with Crippen LogP contribution in [0.5, 0.6) is 0 Å². The second kappa shape index (κ2) is 5.60. The molecule has 1 amide bonds. The van der Waals surface area contributed by atoms with Crippen LogP contribution >= 0.6 is 0 Å². The van der Waals surface area contributed by atoms with Gasteiger partial charge in [-0.3, -0.25) is 4.79 Å². The van der Waals surface area contributed by atoms with E-state index in [9.17, 15) is 18.0 Å². The minimum atomic E-state index is -4.42. The lowest BCUT2D eigenvalue weighted by Crippen LogP contribution is -2.40. The number of carbonyl (C=O) groups excluding carboxylic acids is 1. The summed E-state index contributed by atoms with van der Waals surface area (Å²) in [5.41, 5.74) is -0.711. The van der Waals surface area contributed by atoms with E-state index in [1.807, 2.05) is 6.92 Å². The van der Waals surface area contributed by atoms with E-state index < -0.39 is 17.6 Å².